The van der Waals surface area contributed by atoms with Crippen LogP contribution in [-0.4, -0.2) is 35.8 Å². The van der Waals surface area contributed by atoms with Gasteiger partial charge in [0, 0.05) is 32.0 Å². The van der Waals surface area contributed by atoms with Crippen LogP contribution in [0.2, 0.25) is 0 Å². The van der Waals surface area contributed by atoms with Crippen LogP contribution >= 0.6 is 0 Å². The van der Waals surface area contributed by atoms with Crippen molar-refractivity contribution in [2.75, 3.05) is 13.1 Å². The van der Waals surface area contributed by atoms with Gasteiger partial charge in [-0.1, -0.05) is 0 Å². The number of rotatable bonds is 1. The molecule has 0 bridgehead atoms. The van der Waals surface area contributed by atoms with Gasteiger partial charge in [0.1, 0.15) is 0 Å². The van der Waals surface area contributed by atoms with E-state index in [0.29, 0.717) is 24.7 Å². The highest BCUT2D eigenvalue weighted by Gasteiger charge is 2.58. The maximum Gasteiger partial charge on any atom is 0.229 e. The molecule has 0 aromatic carbocycles. The van der Waals surface area contributed by atoms with Crippen molar-refractivity contribution < 1.29 is 9.59 Å². The number of amides is 2. The maximum atomic E-state index is 11.8. The minimum Gasteiger partial charge on any atom is -0.316 e. The number of imide groups is 1. The molecule has 2 heterocycles. The summed E-state index contributed by atoms with van der Waals surface area (Å²) in [7, 11) is 0. The van der Waals surface area contributed by atoms with Gasteiger partial charge in [0.05, 0.1) is 0 Å². The number of nitrogens with zero attached hydrogens (tertiary/aromatic N) is 1. The third-order valence-electron chi connectivity index (χ3n) is 3.91. The first-order valence-electron chi connectivity index (χ1n) is 5.84. The number of hydrogen-bond donors (Lipinski definition) is 1. The Morgan fingerprint density at radius 1 is 1.00 bits per heavy atom. The number of carbonyl (C=O) groups is 2. The Morgan fingerprint density at radius 3 is 2.07 bits per heavy atom. The lowest BCUT2D eigenvalue weighted by molar-refractivity contribution is -0.145. The zero-order chi connectivity index (χ0) is 10.4. The Bertz CT molecular complexity index is 288. The van der Waals surface area contributed by atoms with E-state index in [1.807, 2.05) is 0 Å². The Morgan fingerprint density at radius 2 is 1.53 bits per heavy atom. The molecule has 1 saturated carbocycles. The van der Waals surface area contributed by atoms with Crippen LogP contribution < -0.4 is 5.32 Å². The predicted octanol–water partition coefficient (Wildman–Crippen LogP) is 0.133. The van der Waals surface area contributed by atoms with E-state index in [-0.39, 0.29) is 17.9 Å². The van der Waals surface area contributed by atoms with Gasteiger partial charge in [-0.15, -0.1) is 0 Å². The molecule has 1 aliphatic carbocycles. The summed E-state index contributed by atoms with van der Waals surface area (Å²) in [6, 6.07) is 0.240. The lowest BCUT2D eigenvalue weighted by Gasteiger charge is -2.20. The SMILES string of the molecule is O=C1CCCCC(=O)N1C1C2CNCC21. The minimum atomic E-state index is 0.0666. The summed E-state index contributed by atoms with van der Waals surface area (Å²) in [5.41, 5.74) is 0. The van der Waals surface area contributed by atoms with Crippen molar-refractivity contribution in [2.24, 2.45) is 11.8 Å². The molecule has 3 fully saturated rings. The molecular weight excluding hydrogens is 192 g/mol. The Balaban J connectivity index is 1.77. The van der Waals surface area contributed by atoms with Gasteiger partial charge < -0.3 is 5.32 Å². The highest BCUT2D eigenvalue weighted by atomic mass is 16.2. The van der Waals surface area contributed by atoms with Crippen LogP contribution in [0.1, 0.15) is 25.7 Å². The standard InChI is InChI=1S/C11H16N2O2/c14-9-3-1-2-4-10(15)13(9)11-7-5-12-6-8(7)11/h7-8,11-12H,1-6H2. The van der Waals surface area contributed by atoms with E-state index in [0.717, 1.165) is 25.9 Å². The zero-order valence-electron chi connectivity index (χ0n) is 8.74. The molecule has 3 rings (SSSR count). The van der Waals surface area contributed by atoms with Crippen LogP contribution in [-0.2, 0) is 9.59 Å². The average Bonchev–Trinajstić information content (AvgIpc) is 2.73. The van der Waals surface area contributed by atoms with Crippen molar-refractivity contribution in [3.05, 3.63) is 0 Å². The Labute approximate surface area is 89.0 Å². The molecule has 3 aliphatic rings. The highest BCUT2D eigenvalue weighted by Crippen LogP contribution is 2.46. The number of fused-ring (bicyclic) bond motifs is 1. The molecular formula is C11H16N2O2. The predicted molar refractivity (Wildman–Crippen MR) is 54.0 cm³/mol. The van der Waals surface area contributed by atoms with Gasteiger partial charge in [0.2, 0.25) is 11.8 Å². The molecule has 15 heavy (non-hydrogen) atoms. The molecule has 0 radical (unpaired) electrons. The van der Waals surface area contributed by atoms with Gasteiger partial charge in [0.25, 0.3) is 0 Å². The van der Waals surface area contributed by atoms with Crippen molar-refractivity contribution in [3.8, 4) is 0 Å². The third kappa shape index (κ3) is 1.39. The maximum absolute atomic E-state index is 11.8. The zero-order valence-corrected chi connectivity index (χ0v) is 8.74. The van der Waals surface area contributed by atoms with Gasteiger partial charge in [0.15, 0.2) is 0 Å². The number of hydrogen-bond acceptors (Lipinski definition) is 3. The van der Waals surface area contributed by atoms with Crippen LogP contribution in [0.4, 0.5) is 0 Å². The smallest absolute Gasteiger partial charge is 0.229 e. The van der Waals surface area contributed by atoms with Crippen molar-refractivity contribution in [2.45, 2.75) is 31.7 Å². The molecule has 0 aromatic rings. The summed E-state index contributed by atoms with van der Waals surface area (Å²) in [4.78, 5) is 25.2. The van der Waals surface area contributed by atoms with Gasteiger partial charge in [-0.25, -0.2) is 0 Å². The number of carbonyl (C=O) groups excluding carboxylic acids is 2. The summed E-state index contributed by atoms with van der Waals surface area (Å²) in [5, 5.41) is 3.29. The van der Waals surface area contributed by atoms with E-state index in [1.54, 1.807) is 4.90 Å². The lowest BCUT2D eigenvalue weighted by atomic mass is 10.2. The van der Waals surface area contributed by atoms with E-state index in [9.17, 15) is 9.59 Å². The summed E-state index contributed by atoms with van der Waals surface area (Å²) in [6.45, 7) is 1.96. The number of piperidine rings is 1. The molecule has 2 atom stereocenters. The van der Waals surface area contributed by atoms with Gasteiger partial charge in [-0.2, -0.15) is 0 Å². The minimum absolute atomic E-state index is 0.0666. The van der Waals surface area contributed by atoms with Gasteiger partial charge >= 0.3 is 0 Å². The first kappa shape index (κ1) is 9.33. The Hall–Kier alpha value is -0.900. The topological polar surface area (TPSA) is 49.4 Å². The van der Waals surface area contributed by atoms with Crippen molar-refractivity contribution in [1.82, 2.24) is 10.2 Å². The Kier molecular flexibility index (Phi) is 2.06. The fraction of sp³-hybridized carbons (Fsp3) is 0.818. The average molecular weight is 208 g/mol. The van der Waals surface area contributed by atoms with E-state index in [4.69, 9.17) is 0 Å². The monoisotopic (exact) mass is 208 g/mol. The molecule has 2 unspecified atom stereocenters. The second kappa shape index (κ2) is 3.30. The summed E-state index contributed by atoms with van der Waals surface area (Å²) in [6.07, 6.45) is 2.88. The molecule has 0 spiro atoms. The summed E-state index contributed by atoms with van der Waals surface area (Å²) in [5.74, 6) is 1.24. The molecule has 1 N–H and O–H groups in total. The molecule has 2 amide bonds. The molecule has 2 aliphatic heterocycles. The third-order valence-corrected chi connectivity index (χ3v) is 3.91. The molecule has 2 saturated heterocycles. The second-order valence-corrected chi connectivity index (χ2v) is 4.84. The van der Waals surface area contributed by atoms with Crippen molar-refractivity contribution in [1.29, 1.82) is 0 Å². The van der Waals surface area contributed by atoms with E-state index in [1.165, 1.54) is 0 Å². The normalized spacial score (nSPS) is 40.3. The fourth-order valence-electron chi connectivity index (χ4n) is 3.03. The van der Waals surface area contributed by atoms with Crippen molar-refractivity contribution in [3.63, 3.8) is 0 Å². The second-order valence-electron chi connectivity index (χ2n) is 4.84. The van der Waals surface area contributed by atoms with E-state index >= 15 is 0 Å². The van der Waals surface area contributed by atoms with Crippen LogP contribution in [0, 0.1) is 11.8 Å². The molecule has 0 aromatic heterocycles. The fourth-order valence-corrected chi connectivity index (χ4v) is 3.03. The first-order chi connectivity index (χ1) is 7.29. The largest absolute Gasteiger partial charge is 0.316 e. The van der Waals surface area contributed by atoms with Gasteiger partial charge in [-0.05, 0) is 24.7 Å². The highest BCUT2D eigenvalue weighted by molar-refractivity contribution is 5.97. The lowest BCUT2D eigenvalue weighted by Crippen LogP contribution is -2.41. The van der Waals surface area contributed by atoms with Crippen molar-refractivity contribution >= 4 is 11.8 Å². The summed E-state index contributed by atoms with van der Waals surface area (Å²) < 4.78 is 0. The van der Waals surface area contributed by atoms with Crippen LogP contribution in [0.3, 0.4) is 0 Å². The molecule has 82 valence electrons. The number of nitrogens with one attached hydrogen (secondary N) is 1. The quantitative estimate of drug-likeness (QED) is 0.623. The first-order valence-corrected chi connectivity index (χ1v) is 5.84. The van der Waals surface area contributed by atoms with Crippen LogP contribution in [0.5, 0.6) is 0 Å². The summed E-state index contributed by atoms with van der Waals surface area (Å²) >= 11 is 0. The van der Waals surface area contributed by atoms with E-state index < -0.39 is 0 Å². The molecule has 4 nitrogen and oxygen atoms in total. The molecule has 4 heteroatoms. The van der Waals surface area contributed by atoms with Gasteiger partial charge in [-0.3, -0.25) is 14.5 Å². The van der Waals surface area contributed by atoms with Crippen LogP contribution in [0.25, 0.3) is 0 Å². The van der Waals surface area contributed by atoms with Crippen LogP contribution in [0.15, 0.2) is 0 Å². The number of likely N-dealkylation sites (tertiary alicyclic amines) is 1. The van der Waals surface area contributed by atoms with E-state index in [2.05, 4.69) is 5.32 Å².